The molecule has 1 fully saturated rings. The first-order chi connectivity index (χ1) is 11.5. The van der Waals surface area contributed by atoms with E-state index >= 15 is 0 Å². The molecule has 1 aromatic carbocycles. The fraction of sp³-hybridized carbons (Fsp3) is 0.471. The number of nitrogens with zero attached hydrogens (tertiary/aromatic N) is 2. The standard InChI is InChI=1S/C17H22N2O5/c1-2-14(16(21)22)19-11-10-18(9-8-15(19)20)17(23)24-12-13-6-4-3-5-7-13/h3-7,14H,2,8-12H2,1H3,(H,21,22). The number of benzene rings is 1. The summed E-state index contributed by atoms with van der Waals surface area (Å²) in [7, 11) is 0. The van der Waals surface area contributed by atoms with Crippen LogP contribution in [0.3, 0.4) is 0 Å². The van der Waals surface area contributed by atoms with Gasteiger partial charge in [0, 0.05) is 26.1 Å². The molecule has 7 heteroatoms. The lowest BCUT2D eigenvalue weighted by Crippen LogP contribution is -2.45. The topological polar surface area (TPSA) is 87.2 Å². The average molecular weight is 334 g/mol. The van der Waals surface area contributed by atoms with E-state index in [1.165, 1.54) is 9.80 Å². The number of carbonyl (C=O) groups is 3. The summed E-state index contributed by atoms with van der Waals surface area (Å²) in [6.07, 6.45) is -0.0547. The molecule has 130 valence electrons. The third-order valence-corrected chi connectivity index (χ3v) is 4.04. The summed E-state index contributed by atoms with van der Waals surface area (Å²) in [5.41, 5.74) is 0.885. The van der Waals surface area contributed by atoms with Crippen LogP contribution in [0.2, 0.25) is 0 Å². The molecule has 0 bridgehead atoms. The highest BCUT2D eigenvalue weighted by atomic mass is 16.6. The first-order valence-electron chi connectivity index (χ1n) is 8.00. The van der Waals surface area contributed by atoms with Crippen LogP contribution in [0, 0.1) is 0 Å². The fourth-order valence-corrected chi connectivity index (χ4v) is 2.69. The van der Waals surface area contributed by atoms with Gasteiger partial charge in [0.05, 0.1) is 0 Å². The predicted molar refractivity (Wildman–Crippen MR) is 86.2 cm³/mol. The van der Waals surface area contributed by atoms with Gasteiger partial charge in [-0.2, -0.15) is 0 Å². The molecule has 1 aliphatic heterocycles. The van der Waals surface area contributed by atoms with Gasteiger partial charge in [0.25, 0.3) is 0 Å². The Hall–Kier alpha value is -2.57. The summed E-state index contributed by atoms with van der Waals surface area (Å²) in [5.74, 6) is -1.27. The van der Waals surface area contributed by atoms with Gasteiger partial charge in [0.1, 0.15) is 12.6 Å². The number of ether oxygens (including phenoxy) is 1. The zero-order valence-corrected chi connectivity index (χ0v) is 13.7. The fourth-order valence-electron chi connectivity index (χ4n) is 2.69. The maximum atomic E-state index is 12.2. The second-order valence-electron chi connectivity index (χ2n) is 5.63. The monoisotopic (exact) mass is 334 g/mol. The van der Waals surface area contributed by atoms with Crippen molar-refractivity contribution in [1.82, 2.24) is 9.80 Å². The highest BCUT2D eigenvalue weighted by molar-refractivity contribution is 5.84. The minimum absolute atomic E-state index is 0.101. The molecule has 1 heterocycles. The van der Waals surface area contributed by atoms with Crippen LogP contribution in [0.1, 0.15) is 25.3 Å². The van der Waals surface area contributed by atoms with Gasteiger partial charge in [-0.15, -0.1) is 0 Å². The van der Waals surface area contributed by atoms with E-state index in [0.717, 1.165) is 5.56 Å². The number of hydrogen-bond acceptors (Lipinski definition) is 4. The normalized spacial score (nSPS) is 16.5. The van der Waals surface area contributed by atoms with Gasteiger partial charge < -0.3 is 19.6 Å². The molecule has 0 saturated carbocycles. The van der Waals surface area contributed by atoms with Crippen molar-refractivity contribution >= 4 is 18.0 Å². The molecular formula is C17H22N2O5. The third-order valence-electron chi connectivity index (χ3n) is 4.04. The van der Waals surface area contributed by atoms with Crippen LogP contribution in [0.4, 0.5) is 4.79 Å². The van der Waals surface area contributed by atoms with E-state index < -0.39 is 18.1 Å². The lowest BCUT2D eigenvalue weighted by Gasteiger charge is -2.27. The number of carboxylic acids is 1. The van der Waals surface area contributed by atoms with E-state index in [2.05, 4.69) is 0 Å². The van der Waals surface area contributed by atoms with Crippen molar-refractivity contribution in [3.63, 3.8) is 0 Å². The second-order valence-corrected chi connectivity index (χ2v) is 5.63. The van der Waals surface area contributed by atoms with Gasteiger partial charge in [0.15, 0.2) is 0 Å². The number of rotatable bonds is 5. The van der Waals surface area contributed by atoms with Crippen LogP contribution in [-0.4, -0.2) is 58.6 Å². The number of carbonyl (C=O) groups excluding carboxylic acids is 2. The van der Waals surface area contributed by atoms with E-state index in [4.69, 9.17) is 4.74 Å². The Morgan fingerprint density at radius 1 is 1.21 bits per heavy atom. The molecule has 1 aliphatic rings. The average Bonchev–Trinajstić information content (AvgIpc) is 2.77. The molecule has 1 aromatic rings. The Morgan fingerprint density at radius 2 is 1.92 bits per heavy atom. The molecule has 0 spiro atoms. The van der Waals surface area contributed by atoms with Crippen LogP contribution in [-0.2, 0) is 20.9 Å². The maximum Gasteiger partial charge on any atom is 0.410 e. The zero-order valence-electron chi connectivity index (χ0n) is 13.7. The molecule has 1 saturated heterocycles. The van der Waals surface area contributed by atoms with E-state index in [1.807, 2.05) is 30.3 Å². The molecule has 1 atom stereocenters. The summed E-state index contributed by atoms with van der Waals surface area (Å²) in [5, 5.41) is 9.22. The lowest BCUT2D eigenvalue weighted by atomic mass is 10.2. The van der Waals surface area contributed by atoms with Gasteiger partial charge in [-0.25, -0.2) is 9.59 Å². The van der Waals surface area contributed by atoms with Gasteiger partial charge in [-0.3, -0.25) is 4.79 Å². The highest BCUT2D eigenvalue weighted by Gasteiger charge is 2.31. The summed E-state index contributed by atoms with van der Waals surface area (Å²) in [4.78, 5) is 38.4. The lowest BCUT2D eigenvalue weighted by molar-refractivity contribution is -0.149. The van der Waals surface area contributed by atoms with Crippen LogP contribution in [0.5, 0.6) is 0 Å². The number of amides is 2. The van der Waals surface area contributed by atoms with Gasteiger partial charge in [-0.1, -0.05) is 37.3 Å². The molecule has 0 radical (unpaired) electrons. The van der Waals surface area contributed by atoms with Crippen LogP contribution in [0.15, 0.2) is 30.3 Å². The van der Waals surface area contributed by atoms with Crippen molar-refractivity contribution in [2.75, 3.05) is 19.6 Å². The Balaban J connectivity index is 1.92. The Labute approximate surface area is 140 Å². The van der Waals surface area contributed by atoms with Crippen LogP contribution < -0.4 is 0 Å². The van der Waals surface area contributed by atoms with Crippen LogP contribution >= 0.6 is 0 Å². The first-order valence-corrected chi connectivity index (χ1v) is 8.00. The number of aliphatic carboxylic acids is 1. The van der Waals surface area contributed by atoms with Crippen molar-refractivity contribution in [3.05, 3.63) is 35.9 Å². The van der Waals surface area contributed by atoms with E-state index in [9.17, 15) is 19.5 Å². The van der Waals surface area contributed by atoms with E-state index in [0.29, 0.717) is 6.42 Å². The van der Waals surface area contributed by atoms with E-state index in [1.54, 1.807) is 6.92 Å². The van der Waals surface area contributed by atoms with Crippen molar-refractivity contribution in [1.29, 1.82) is 0 Å². The summed E-state index contributed by atoms with van der Waals surface area (Å²) in [6.45, 7) is 2.59. The van der Waals surface area contributed by atoms with Crippen molar-refractivity contribution in [3.8, 4) is 0 Å². The Kier molecular flexibility index (Phi) is 6.17. The van der Waals surface area contributed by atoms with Crippen molar-refractivity contribution in [2.45, 2.75) is 32.4 Å². The second kappa shape index (κ2) is 8.33. The third kappa shape index (κ3) is 4.47. The molecular weight excluding hydrogens is 312 g/mol. The number of hydrogen-bond donors (Lipinski definition) is 1. The highest BCUT2D eigenvalue weighted by Crippen LogP contribution is 2.13. The summed E-state index contributed by atoms with van der Waals surface area (Å²) >= 11 is 0. The minimum Gasteiger partial charge on any atom is -0.480 e. The van der Waals surface area contributed by atoms with Crippen LogP contribution in [0.25, 0.3) is 0 Å². The molecule has 2 rings (SSSR count). The van der Waals surface area contributed by atoms with Gasteiger partial charge in [-0.05, 0) is 12.0 Å². The molecule has 0 aliphatic carbocycles. The SMILES string of the molecule is CCC(C(=O)O)N1CCN(C(=O)OCc2ccccc2)CCC1=O. The van der Waals surface area contributed by atoms with Crippen molar-refractivity contribution in [2.24, 2.45) is 0 Å². The quantitative estimate of drug-likeness (QED) is 0.886. The molecule has 1 unspecified atom stereocenters. The first kappa shape index (κ1) is 17.8. The number of carboxylic acid groups (broad SMARTS) is 1. The Morgan fingerprint density at radius 3 is 2.54 bits per heavy atom. The summed E-state index contributed by atoms with van der Waals surface area (Å²) < 4.78 is 5.27. The molecule has 7 nitrogen and oxygen atoms in total. The smallest absolute Gasteiger partial charge is 0.410 e. The van der Waals surface area contributed by atoms with E-state index in [-0.39, 0.29) is 38.6 Å². The maximum absolute atomic E-state index is 12.2. The summed E-state index contributed by atoms with van der Waals surface area (Å²) in [6, 6.07) is 8.48. The van der Waals surface area contributed by atoms with Gasteiger partial charge in [0.2, 0.25) is 5.91 Å². The molecule has 24 heavy (non-hydrogen) atoms. The minimum atomic E-state index is -1.02. The van der Waals surface area contributed by atoms with Crippen molar-refractivity contribution < 1.29 is 24.2 Å². The largest absolute Gasteiger partial charge is 0.480 e. The van der Waals surface area contributed by atoms with Gasteiger partial charge >= 0.3 is 12.1 Å². The molecule has 2 amide bonds. The predicted octanol–water partition coefficient (Wildman–Crippen LogP) is 1.72. The molecule has 1 N–H and O–H groups in total. The molecule has 0 aromatic heterocycles. The Bertz CT molecular complexity index is 590. The zero-order chi connectivity index (χ0) is 17.5.